The van der Waals surface area contributed by atoms with Crippen molar-refractivity contribution in [1.29, 1.82) is 5.26 Å². The Balaban J connectivity index is 1.85. The predicted molar refractivity (Wildman–Crippen MR) is 97.7 cm³/mol. The zero-order valence-electron chi connectivity index (χ0n) is 15.7. The molecule has 25 heavy (non-hydrogen) atoms. The van der Waals surface area contributed by atoms with E-state index in [1.165, 1.54) is 0 Å². The maximum absolute atomic E-state index is 12.6. The third-order valence-electron chi connectivity index (χ3n) is 5.06. The van der Waals surface area contributed by atoms with Crippen molar-refractivity contribution < 1.29 is 4.79 Å². The number of carbonyl (C=O) groups is 1. The van der Waals surface area contributed by atoms with Gasteiger partial charge in [0.1, 0.15) is 6.04 Å². The second-order valence-electron chi connectivity index (χ2n) is 7.11. The van der Waals surface area contributed by atoms with Gasteiger partial charge in [-0.05, 0) is 37.6 Å². The summed E-state index contributed by atoms with van der Waals surface area (Å²) >= 11 is 0. The molecular weight excluding hydrogens is 314 g/mol. The van der Waals surface area contributed by atoms with Gasteiger partial charge in [-0.25, -0.2) is 0 Å². The van der Waals surface area contributed by atoms with Crippen LogP contribution < -0.4 is 0 Å². The second kappa shape index (κ2) is 8.93. The van der Waals surface area contributed by atoms with Crippen LogP contribution in [-0.2, 0) is 4.79 Å². The van der Waals surface area contributed by atoms with Gasteiger partial charge in [-0.1, -0.05) is 13.8 Å². The molecule has 2 atom stereocenters. The van der Waals surface area contributed by atoms with Gasteiger partial charge in [0.25, 0.3) is 0 Å². The number of hydrogen-bond acceptors (Lipinski definition) is 5. The number of rotatable bonds is 6. The molecule has 1 aromatic rings. The average Bonchev–Trinajstić information content (AvgIpc) is 2.62. The third kappa shape index (κ3) is 5.00. The number of carbonyl (C=O) groups excluding carboxylic acids is 1. The van der Waals surface area contributed by atoms with Crippen LogP contribution in [0.25, 0.3) is 0 Å². The van der Waals surface area contributed by atoms with E-state index in [0.29, 0.717) is 25.6 Å². The van der Waals surface area contributed by atoms with Crippen LogP contribution in [0.1, 0.15) is 32.4 Å². The minimum Gasteiger partial charge on any atom is -0.339 e. The van der Waals surface area contributed by atoms with Crippen LogP contribution in [-0.4, -0.2) is 71.4 Å². The highest BCUT2D eigenvalue weighted by Gasteiger charge is 2.28. The molecule has 1 aliphatic heterocycles. The average molecular weight is 343 g/mol. The van der Waals surface area contributed by atoms with Crippen LogP contribution in [0.15, 0.2) is 24.5 Å². The monoisotopic (exact) mass is 343 g/mol. The fourth-order valence-corrected chi connectivity index (χ4v) is 3.25. The van der Waals surface area contributed by atoms with Gasteiger partial charge in [-0.2, -0.15) is 5.26 Å². The van der Waals surface area contributed by atoms with Crippen LogP contribution >= 0.6 is 0 Å². The SMILES string of the molecule is CC(C)[C@H](C#N)N1CCN(C(=O)CN(C)[C@H](C)c2ccncc2)CC1. The highest BCUT2D eigenvalue weighted by atomic mass is 16.2. The first-order valence-electron chi connectivity index (χ1n) is 8.95. The molecule has 136 valence electrons. The van der Waals surface area contributed by atoms with Crippen LogP contribution in [0.2, 0.25) is 0 Å². The van der Waals surface area contributed by atoms with Crippen molar-refractivity contribution >= 4 is 5.91 Å². The minimum atomic E-state index is -0.0633. The fraction of sp³-hybridized carbons (Fsp3) is 0.632. The molecule has 0 N–H and O–H groups in total. The first kappa shape index (κ1) is 19.4. The largest absolute Gasteiger partial charge is 0.339 e. The summed E-state index contributed by atoms with van der Waals surface area (Å²) in [6.07, 6.45) is 3.56. The summed E-state index contributed by atoms with van der Waals surface area (Å²) in [5.41, 5.74) is 1.16. The molecule has 1 aromatic heterocycles. The van der Waals surface area contributed by atoms with Crippen molar-refractivity contribution in [2.45, 2.75) is 32.9 Å². The molecule has 1 fully saturated rings. The van der Waals surface area contributed by atoms with Gasteiger partial charge in [0.2, 0.25) is 5.91 Å². The lowest BCUT2D eigenvalue weighted by Crippen LogP contribution is -2.54. The summed E-state index contributed by atoms with van der Waals surface area (Å²) in [6.45, 7) is 9.57. The number of nitriles is 1. The summed E-state index contributed by atoms with van der Waals surface area (Å²) in [6, 6.07) is 6.46. The summed E-state index contributed by atoms with van der Waals surface area (Å²) < 4.78 is 0. The molecule has 0 aromatic carbocycles. The van der Waals surface area contributed by atoms with Crippen molar-refractivity contribution in [3.8, 4) is 6.07 Å². The molecular formula is C19H29N5O. The van der Waals surface area contributed by atoms with Crippen molar-refractivity contribution in [3.05, 3.63) is 30.1 Å². The second-order valence-corrected chi connectivity index (χ2v) is 7.11. The zero-order valence-corrected chi connectivity index (χ0v) is 15.7. The van der Waals surface area contributed by atoms with Crippen molar-refractivity contribution in [1.82, 2.24) is 19.7 Å². The summed E-state index contributed by atoms with van der Waals surface area (Å²) in [4.78, 5) is 22.8. The number of nitrogens with zero attached hydrogens (tertiary/aromatic N) is 5. The standard InChI is InChI=1S/C19H29N5O/c1-15(2)18(13-20)23-9-11-24(12-10-23)19(25)14-22(4)16(3)17-5-7-21-8-6-17/h5-8,15-16,18H,9-12,14H2,1-4H3/t16-,18+/m1/s1. The Morgan fingerprint density at radius 3 is 2.36 bits per heavy atom. The minimum absolute atomic E-state index is 0.0633. The molecule has 0 saturated carbocycles. The first-order chi connectivity index (χ1) is 11.9. The lowest BCUT2D eigenvalue weighted by Gasteiger charge is -2.39. The van der Waals surface area contributed by atoms with Crippen LogP contribution in [0.5, 0.6) is 0 Å². The third-order valence-corrected chi connectivity index (χ3v) is 5.06. The number of amides is 1. The Morgan fingerprint density at radius 1 is 1.24 bits per heavy atom. The van der Waals surface area contributed by atoms with Gasteiger partial charge in [-0.3, -0.25) is 19.6 Å². The number of likely N-dealkylation sites (N-methyl/N-ethyl adjacent to an activating group) is 1. The predicted octanol–water partition coefficient (Wildman–Crippen LogP) is 1.77. The molecule has 2 rings (SSSR count). The van der Waals surface area contributed by atoms with Crippen LogP contribution in [0.3, 0.4) is 0 Å². The van der Waals surface area contributed by atoms with E-state index in [1.807, 2.05) is 24.1 Å². The Kier molecular flexibility index (Phi) is 6.91. The van der Waals surface area contributed by atoms with Gasteiger partial charge in [0, 0.05) is 44.6 Å². The Hall–Kier alpha value is -1.97. The fourth-order valence-electron chi connectivity index (χ4n) is 3.25. The van der Waals surface area contributed by atoms with Crippen molar-refractivity contribution in [2.75, 3.05) is 39.8 Å². The number of aromatic nitrogens is 1. The van der Waals surface area contributed by atoms with E-state index in [4.69, 9.17) is 0 Å². The summed E-state index contributed by atoms with van der Waals surface area (Å²) in [7, 11) is 1.98. The molecule has 0 spiro atoms. The van der Waals surface area contributed by atoms with Crippen molar-refractivity contribution in [2.24, 2.45) is 5.92 Å². The van der Waals surface area contributed by atoms with E-state index >= 15 is 0 Å². The number of hydrogen-bond donors (Lipinski definition) is 0. The quantitative estimate of drug-likeness (QED) is 0.788. The van der Waals surface area contributed by atoms with Gasteiger partial charge in [0.05, 0.1) is 12.6 Å². The van der Waals surface area contributed by atoms with E-state index < -0.39 is 0 Å². The smallest absolute Gasteiger partial charge is 0.236 e. The highest BCUT2D eigenvalue weighted by molar-refractivity contribution is 5.78. The molecule has 2 heterocycles. The van der Waals surface area contributed by atoms with E-state index in [1.54, 1.807) is 12.4 Å². The van der Waals surface area contributed by atoms with E-state index in [9.17, 15) is 10.1 Å². The molecule has 6 nitrogen and oxygen atoms in total. The van der Waals surface area contributed by atoms with Gasteiger partial charge >= 0.3 is 0 Å². The molecule has 0 aliphatic carbocycles. The molecule has 0 radical (unpaired) electrons. The normalized spacial score (nSPS) is 18.2. The topological polar surface area (TPSA) is 63.5 Å². The van der Waals surface area contributed by atoms with Gasteiger partial charge in [0.15, 0.2) is 0 Å². The lowest BCUT2D eigenvalue weighted by atomic mass is 10.0. The lowest BCUT2D eigenvalue weighted by molar-refractivity contribution is -0.134. The summed E-state index contributed by atoms with van der Waals surface area (Å²) in [5.74, 6) is 0.459. The molecule has 6 heteroatoms. The van der Waals surface area contributed by atoms with Crippen molar-refractivity contribution in [3.63, 3.8) is 0 Å². The van der Waals surface area contributed by atoms with Crippen LogP contribution in [0.4, 0.5) is 0 Å². The van der Waals surface area contributed by atoms with E-state index in [-0.39, 0.29) is 18.0 Å². The first-order valence-corrected chi connectivity index (χ1v) is 8.95. The molecule has 0 unspecified atom stereocenters. The maximum atomic E-state index is 12.6. The Labute approximate surface area is 151 Å². The van der Waals surface area contributed by atoms with Crippen LogP contribution in [0, 0.1) is 17.2 Å². The number of pyridine rings is 1. The Bertz CT molecular complexity index is 590. The molecule has 1 aliphatic rings. The highest BCUT2D eigenvalue weighted by Crippen LogP contribution is 2.18. The Morgan fingerprint density at radius 2 is 1.84 bits per heavy atom. The number of piperazine rings is 1. The molecule has 0 bridgehead atoms. The van der Waals surface area contributed by atoms with Gasteiger partial charge < -0.3 is 4.90 Å². The summed E-state index contributed by atoms with van der Waals surface area (Å²) in [5, 5.41) is 9.33. The molecule has 1 amide bonds. The van der Waals surface area contributed by atoms with E-state index in [0.717, 1.165) is 18.7 Å². The van der Waals surface area contributed by atoms with Gasteiger partial charge in [-0.15, -0.1) is 0 Å². The van der Waals surface area contributed by atoms with E-state index in [2.05, 4.69) is 41.6 Å². The maximum Gasteiger partial charge on any atom is 0.236 e. The zero-order chi connectivity index (χ0) is 18.4. The molecule has 1 saturated heterocycles.